The maximum Gasteiger partial charge on any atom is 0.195 e. The fourth-order valence-electron chi connectivity index (χ4n) is 2.85. The highest BCUT2D eigenvalue weighted by atomic mass is 16.5. The molecule has 0 spiro atoms. The van der Waals surface area contributed by atoms with Gasteiger partial charge in [-0.2, -0.15) is 0 Å². The molecule has 0 bridgehead atoms. The van der Waals surface area contributed by atoms with Crippen LogP contribution in [0.15, 0.2) is 47.6 Å². The van der Waals surface area contributed by atoms with Crippen LogP contribution in [0.25, 0.3) is 5.65 Å². The molecule has 2 aromatic heterocycles. The highest BCUT2D eigenvalue weighted by molar-refractivity contribution is 5.93. The summed E-state index contributed by atoms with van der Waals surface area (Å²) in [4.78, 5) is 4.65. The number of aromatic nitrogens is 3. The Labute approximate surface area is 164 Å². The molecule has 0 aliphatic heterocycles. The normalized spacial score (nSPS) is 11.5. The zero-order chi connectivity index (χ0) is 19.8. The molecule has 148 valence electrons. The number of fused-ring (bicyclic) bond motifs is 1. The van der Waals surface area contributed by atoms with Crippen molar-refractivity contribution in [2.24, 2.45) is 4.99 Å². The Hall–Kier alpha value is -3.29. The van der Waals surface area contributed by atoms with Gasteiger partial charge in [0.1, 0.15) is 5.82 Å². The number of aryl methyl sites for hydroxylation is 1. The van der Waals surface area contributed by atoms with Crippen LogP contribution >= 0.6 is 0 Å². The first-order valence-corrected chi connectivity index (χ1v) is 9.31. The number of benzene rings is 1. The fourth-order valence-corrected chi connectivity index (χ4v) is 2.85. The summed E-state index contributed by atoms with van der Waals surface area (Å²) in [7, 11) is 3.24. The van der Waals surface area contributed by atoms with E-state index in [1.165, 1.54) is 0 Å². The van der Waals surface area contributed by atoms with Gasteiger partial charge in [-0.3, -0.25) is 9.39 Å². The number of methoxy groups -OCH3 is 2. The van der Waals surface area contributed by atoms with Crippen LogP contribution < -0.4 is 20.1 Å². The van der Waals surface area contributed by atoms with Crippen LogP contribution in [0.2, 0.25) is 0 Å². The second-order valence-corrected chi connectivity index (χ2v) is 6.10. The Bertz CT molecular complexity index is 937. The number of pyridine rings is 1. The topological polar surface area (TPSA) is 85.1 Å². The van der Waals surface area contributed by atoms with E-state index in [9.17, 15) is 0 Å². The van der Waals surface area contributed by atoms with Crippen molar-refractivity contribution >= 4 is 17.3 Å². The first-order valence-electron chi connectivity index (χ1n) is 9.31. The van der Waals surface area contributed by atoms with Crippen molar-refractivity contribution in [2.45, 2.75) is 19.8 Å². The average molecular weight is 382 g/mol. The Kier molecular flexibility index (Phi) is 6.67. The van der Waals surface area contributed by atoms with Crippen LogP contribution in [0, 0.1) is 0 Å². The summed E-state index contributed by atoms with van der Waals surface area (Å²) in [6.45, 7) is 3.48. The van der Waals surface area contributed by atoms with E-state index in [0.29, 0.717) is 18.0 Å². The van der Waals surface area contributed by atoms with Gasteiger partial charge in [-0.25, -0.2) is 0 Å². The van der Waals surface area contributed by atoms with E-state index in [-0.39, 0.29) is 0 Å². The minimum absolute atomic E-state index is 0.669. The monoisotopic (exact) mass is 382 g/mol. The lowest BCUT2D eigenvalue weighted by molar-refractivity contribution is 0.355. The quantitative estimate of drug-likeness (QED) is 0.354. The summed E-state index contributed by atoms with van der Waals surface area (Å²) in [6, 6.07) is 11.6. The first-order chi connectivity index (χ1) is 13.7. The smallest absolute Gasteiger partial charge is 0.195 e. The molecule has 0 aliphatic carbocycles. The third-order valence-corrected chi connectivity index (χ3v) is 4.20. The average Bonchev–Trinajstić information content (AvgIpc) is 3.14. The van der Waals surface area contributed by atoms with Crippen LogP contribution in [-0.4, -0.2) is 47.9 Å². The number of nitrogens with one attached hydrogen (secondary N) is 2. The molecule has 0 saturated heterocycles. The molecular weight excluding hydrogens is 356 g/mol. The minimum atomic E-state index is 0.669. The van der Waals surface area contributed by atoms with Gasteiger partial charge >= 0.3 is 0 Å². The third-order valence-electron chi connectivity index (χ3n) is 4.20. The predicted molar refractivity (Wildman–Crippen MR) is 110 cm³/mol. The number of hydrogen-bond donors (Lipinski definition) is 2. The van der Waals surface area contributed by atoms with Gasteiger partial charge in [0.2, 0.25) is 0 Å². The van der Waals surface area contributed by atoms with Crippen molar-refractivity contribution < 1.29 is 9.47 Å². The summed E-state index contributed by atoms with van der Waals surface area (Å²) < 4.78 is 12.6. The molecule has 0 aliphatic rings. The Morgan fingerprint density at radius 2 is 1.96 bits per heavy atom. The van der Waals surface area contributed by atoms with Gasteiger partial charge in [-0.15, -0.1) is 10.2 Å². The molecule has 2 N–H and O–H groups in total. The molecule has 0 radical (unpaired) electrons. The zero-order valence-electron chi connectivity index (χ0n) is 16.5. The van der Waals surface area contributed by atoms with E-state index in [0.717, 1.165) is 42.5 Å². The highest BCUT2D eigenvalue weighted by Gasteiger charge is 2.07. The Balaban J connectivity index is 1.61. The second-order valence-electron chi connectivity index (χ2n) is 6.10. The maximum atomic E-state index is 5.35. The van der Waals surface area contributed by atoms with Crippen LogP contribution in [0.4, 0.5) is 5.69 Å². The predicted octanol–water partition coefficient (Wildman–Crippen LogP) is 2.76. The van der Waals surface area contributed by atoms with Gasteiger partial charge in [-0.1, -0.05) is 6.07 Å². The van der Waals surface area contributed by atoms with Crippen LogP contribution in [0.1, 0.15) is 19.2 Å². The molecule has 0 atom stereocenters. The summed E-state index contributed by atoms with van der Waals surface area (Å²) in [5, 5.41) is 15.0. The van der Waals surface area contributed by atoms with Gasteiger partial charge < -0.3 is 20.1 Å². The van der Waals surface area contributed by atoms with Gasteiger partial charge in [0.15, 0.2) is 23.1 Å². The number of hydrogen-bond acceptors (Lipinski definition) is 5. The molecular formula is C20H26N6O2. The fraction of sp³-hybridized carbons (Fsp3) is 0.350. The van der Waals surface area contributed by atoms with E-state index in [4.69, 9.17) is 9.47 Å². The minimum Gasteiger partial charge on any atom is -0.493 e. The van der Waals surface area contributed by atoms with E-state index in [1.807, 2.05) is 53.9 Å². The number of guanidine groups is 1. The zero-order valence-corrected chi connectivity index (χ0v) is 16.5. The molecule has 0 saturated carbocycles. The van der Waals surface area contributed by atoms with Crippen molar-refractivity contribution in [3.63, 3.8) is 0 Å². The number of nitrogens with zero attached hydrogens (tertiary/aromatic N) is 4. The van der Waals surface area contributed by atoms with Crippen LogP contribution in [0.5, 0.6) is 11.5 Å². The maximum absolute atomic E-state index is 5.35. The van der Waals surface area contributed by atoms with Gasteiger partial charge in [0.25, 0.3) is 0 Å². The lowest BCUT2D eigenvalue weighted by Crippen LogP contribution is -2.30. The van der Waals surface area contributed by atoms with Crippen molar-refractivity contribution in [1.29, 1.82) is 0 Å². The largest absolute Gasteiger partial charge is 0.493 e. The summed E-state index contributed by atoms with van der Waals surface area (Å²) in [5.41, 5.74) is 1.74. The number of anilines is 1. The molecule has 3 aromatic rings. The van der Waals surface area contributed by atoms with Gasteiger partial charge in [-0.05, 0) is 37.6 Å². The molecule has 3 rings (SSSR count). The van der Waals surface area contributed by atoms with Gasteiger partial charge in [0, 0.05) is 37.5 Å². The van der Waals surface area contributed by atoms with Crippen molar-refractivity contribution in [2.75, 3.05) is 32.6 Å². The number of ether oxygens (including phenoxy) is 2. The molecule has 0 amide bonds. The molecule has 0 fully saturated rings. The lowest BCUT2D eigenvalue weighted by Gasteiger charge is -2.13. The summed E-state index contributed by atoms with van der Waals surface area (Å²) in [6.07, 6.45) is 3.67. The highest BCUT2D eigenvalue weighted by Crippen LogP contribution is 2.29. The van der Waals surface area contributed by atoms with E-state index < -0.39 is 0 Å². The summed E-state index contributed by atoms with van der Waals surface area (Å²) in [5.74, 6) is 3.03. The summed E-state index contributed by atoms with van der Waals surface area (Å²) >= 11 is 0. The van der Waals surface area contributed by atoms with Crippen molar-refractivity contribution in [3.8, 4) is 11.5 Å². The Morgan fingerprint density at radius 3 is 2.75 bits per heavy atom. The molecule has 1 aromatic carbocycles. The molecule has 8 heteroatoms. The third kappa shape index (κ3) is 4.70. The molecule has 0 unspecified atom stereocenters. The van der Waals surface area contributed by atoms with Crippen LogP contribution in [-0.2, 0) is 6.42 Å². The number of rotatable bonds is 8. The van der Waals surface area contributed by atoms with Crippen molar-refractivity contribution in [3.05, 3.63) is 48.4 Å². The van der Waals surface area contributed by atoms with Crippen LogP contribution in [0.3, 0.4) is 0 Å². The lowest BCUT2D eigenvalue weighted by atomic mass is 10.2. The molecule has 8 nitrogen and oxygen atoms in total. The Morgan fingerprint density at radius 1 is 1.11 bits per heavy atom. The van der Waals surface area contributed by atoms with E-state index >= 15 is 0 Å². The van der Waals surface area contributed by atoms with Gasteiger partial charge in [0.05, 0.1) is 14.2 Å². The standard InChI is InChI=1S/C20H26N6O2/c1-4-21-20(23-15-10-11-16(27-2)17(14-15)28-3)22-12-7-9-19-25-24-18-8-5-6-13-26(18)19/h5-6,8,10-11,13-14H,4,7,9,12H2,1-3H3,(H2,21,22,23). The van der Waals surface area contributed by atoms with Crippen molar-refractivity contribution in [1.82, 2.24) is 19.9 Å². The first kappa shape index (κ1) is 19.5. The second kappa shape index (κ2) is 9.59. The van der Waals surface area contributed by atoms with E-state index in [2.05, 4.69) is 25.8 Å². The molecule has 28 heavy (non-hydrogen) atoms. The van der Waals surface area contributed by atoms with E-state index in [1.54, 1.807) is 14.2 Å². The number of aliphatic imine (C=N–C) groups is 1. The SMILES string of the molecule is CCNC(=NCCCc1nnc2ccccn12)Nc1ccc(OC)c(OC)c1. The molecule has 2 heterocycles.